The standard InChI is InChI=1S/C22H38O5S/c1-5-6-7-8-9-10-11-12-13-14-20(27-28(4,23)24)15-19-16-21(25-2)18-22(17-19)26-3/h16-18,20H,5-15H2,1-4H3. The van der Waals surface area contributed by atoms with E-state index in [0.717, 1.165) is 31.1 Å². The number of methoxy groups -OCH3 is 2. The Balaban J connectivity index is 2.51. The Morgan fingerprint density at radius 1 is 0.821 bits per heavy atom. The highest BCUT2D eigenvalue weighted by Crippen LogP contribution is 2.25. The molecular weight excluding hydrogens is 376 g/mol. The van der Waals surface area contributed by atoms with E-state index < -0.39 is 10.1 Å². The van der Waals surface area contributed by atoms with E-state index in [1.165, 1.54) is 44.9 Å². The van der Waals surface area contributed by atoms with Gasteiger partial charge in [-0.25, -0.2) is 0 Å². The quantitative estimate of drug-likeness (QED) is 0.263. The van der Waals surface area contributed by atoms with Crippen LogP contribution >= 0.6 is 0 Å². The van der Waals surface area contributed by atoms with Crippen molar-refractivity contribution in [1.29, 1.82) is 0 Å². The SMILES string of the molecule is CCCCCCCCCCCC(Cc1cc(OC)cc(OC)c1)OS(C)(=O)=O. The van der Waals surface area contributed by atoms with E-state index in [4.69, 9.17) is 13.7 Å². The van der Waals surface area contributed by atoms with E-state index in [9.17, 15) is 8.42 Å². The second-order valence-corrected chi connectivity index (χ2v) is 9.07. The first kappa shape index (κ1) is 24.8. The van der Waals surface area contributed by atoms with Crippen molar-refractivity contribution in [2.45, 2.75) is 83.7 Å². The first-order valence-electron chi connectivity index (χ1n) is 10.5. The van der Waals surface area contributed by atoms with E-state index in [1.807, 2.05) is 12.1 Å². The molecule has 0 spiro atoms. The van der Waals surface area contributed by atoms with E-state index in [1.54, 1.807) is 20.3 Å². The van der Waals surface area contributed by atoms with Crippen molar-refractivity contribution in [3.63, 3.8) is 0 Å². The maximum atomic E-state index is 11.7. The number of rotatable bonds is 16. The summed E-state index contributed by atoms with van der Waals surface area (Å²) < 4.78 is 39.3. The van der Waals surface area contributed by atoms with Gasteiger partial charge in [0, 0.05) is 12.5 Å². The Labute approximate surface area is 171 Å². The van der Waals surface area contributed by atoms with Crippen LogP contribution in [0.3, 0.4) is 0 Å². The Bertz CT molecular complexity index is 620. The predicted molar refractivity (Wildman–Crippen MR) is 115 cm³/mol. The molecule has 28 heavy (non-hydrogen) atoms. The van der Waals surface area contributed by atoms with E-state index in [-0.39, 0.29) is 6.10 Å². The fraction of sp³-hybridized carbons (Fsp3) is 0.727. The Morgan fingerprint density at radius 2 is 1.32 bits per heavy atom. The smallest absolute Gasteiger partial charge is 0.264 e. The van der Waals surface area contributed by atoms with Crippen LogP contribution in [0.2, 0.25) is 0 Å². The van der Waals surface area contributed by atoms with Crippen LogP contribution in [0.15, 0.2) is 18.2 Å². The summed E-state index contributed by atoms with van der Waals surface area (Å²) in [6.45, 7) is 2.23. The fourth-order valence-corrected chi connectivity index (χ4v) is 4.02. The zero-order chi connectivity index (χ0) is 20.8. The number of ether oxygens (including phenoxy) is 2. The van der Waals surface area contributed by atoms with Gasteiger partial charge < -0.3 is 9.47 Å². The van der Waals surface area contributed by atoms with Gasteiger partial charge in [-0.2, -0.15) is 8.42 Å². The average Bonchev–Trinajstić information content (AvgIpc) is 2.65. The highest BCUT2D eigenvalue weighted by Gasteiger charge is 2.17. The van der Waals surface area contributed by atoms with E-state index in [2.05, 4.69) is 6.92 Å². The molecule has 1 unspecified atom stereocenters. The minimum atomic E-state index is -3.50. The van der Waals surface area contributed by atoms with Gasteiger partial charge in [-0.1, -0.05) is 64.7 Å². The molecule has 0 aliphatic rings. The Kier molecular flexibility index (Phi) is 12.2. The lowest BCUT2D eigenvalue weighted by Gasteiger charge is -2.17. The van der Waals surface area contributed by atoms with Gasteiger partial charge in [-0.3, -0.25) is 4.18 Å². The zero-order valence-electron chi connectivity index (χ0n) is 18.0. The molecule has 0 heterocycles. The largest absolute Gasteiger partial charge is 0.497 e. The molecular formula is C22H38O5S. The third-order valence-electron chi connectivity index (χ3n) is 4.82. The topological polar surface area (TPSA) is 61.8 Å². The van der Waals surface area contributed by atoms with Gasteiger partial charge >= 0.3 is 0 Å². The summed E-state index contributed by atoms with van der Waals surface area (Å²) in [4.78, 5) is 0. The molecule has 162 valence electrons. The third-order valence-corrected chi connectivity index (χ3v) is 5.44. The molecule has 1 aromatic rings. The van der Waals surface area contributed by atoms with Crippen LogP contribution in [-0.2, 0) is 20.7 Å². The van der Waals surface area contributed by atoms with Crippen LogP contribution in [-0.4, -0.2) is 35.0 Å². The van der Waals surface area contributed by atoms with Gasteiger partial charge in [0.2, 0.25) is 0 Å². The summed E-state index contributed by atoms with van der Waals surface area (Å²) in [6.07, 6.45) is 13.1. The lowest BCUT2D eigenvalue weighted by Crippen LogP contribution is -2.20. The molecule has 0 aliphatic carbocycles. The van der Waals surface area contributed by atoms with Crippen molar-refractivity contribution in [1.82, 2.24) is 0 Å². The maximum Gasteiger partial charge on any atom is 0.264 e. The maximum absolute atomic E-state index is 11.7. The van der Waals surface area contributed by atoms with Crippen LogP contribution in [0.4, 0.5) is 0 Å². The van der Waals surface area contributed by atoms with Crippen molar-refractivity contribution in [2.75, 3.05) is 20.5 Å². The summed E-state index contributed by atoms with van der Waals surface area (Å²) >= 11 is 0. The lowest BCUT2D eigenvalue weighted by molar-refractivity contribution is 0.196. The monoisotopic (exact) mass is 414 g/mol. The van der Waals surface area contributed by atoms with Crippen molar-refractivity contribution >= 4 is 10.1 Å². The summed E-state index contributed by atoms with van der Waals surface area (Å²) in [5.74, 6) is 1.38. The molecule has 1 atom stereocenters. The third kappa shape index (κ3) is 11.5. The predicted octanol–water partition coefficient (Wildman–Crippen LogP) is 5.51. The molecule has 0 N–H and O–H groups in total. The molecule has 0 radical (unpaired) electrons. The highest BCUT2D eigenvalue weighted by molar-refractivity contribution is 7.86. The lowest BCUT2D eigenvalue weighted by atomic mass is 10.0. The highest BCUT2D eigenvalue weighted by atomic mass is 32.2. The second kappa shape index (κ2) is 13.8. The Hall–Kier alpha value is -1.27. The summed E-state index contributed by atoms with van der Waals surface area (Å²) in [5, 5.41) is 0. The molecule has 0 aliphatic heterocycles. The van der Waals surface area contributed by atoms with Gasteiger partial charge in [0.1, 0.15) is 11.5 Å². The van der Waals surface area contributed by atoms with Gasteiger partial charge in [0.25, 0.3) is 10.1 Å². The number of unbranched alkanes of at least 4 members (excludes halogenated alkanes) is 8. The number of hydrogen-bond donors (Lipinski definition) is 0. The van der Waals surface area contributed by atoms with Gasteiger partial charge in [0.15, 0.2) is 0 Å². The molecule has 6 heteroatoms. The molecule has 5 nitrogen and oxygen atoms in total. The van der Waals surface area contributed by atoms with Gasteiger partial charge in [-0.15, -0.1) is 0 Å². The van der Waals surface area contributed by atoms with Crippen LogP contribution in [0, 0.1) is 0 Å². The Morgan fingerprint density at radius 3 is 1.79 bits per heavy atom. The number of hydrogen-bond acceptors (Lipinski definition) is 5. The van der Waals surface area contributed by atoms with Crippen molar-refractivity contribution in [3.05, 3.63) is 23.8 Å². The molecule has 0 amide bonds. The second-order valence-electron chi connectivity index (χ2n) is 7.46. The molecule has 0 fully saturated rings. The molecule has 0 aromatic heterocycles. The van der Waals surface area contributed by atoms with Crippen molar-refractivity contribution in [3.8, 4) is 11.5 Å². The number of benzene rings is 1. The molecule has 1 aromatic carbocycles. The molecule has 1 rings (SSSR count). The minimum absolute atomic E-state index is 0.364. The van der Waals surface area contributed by atoms with Crippen LogP contribution < -0.4 is 9.47 Å². The molecule has 0 saturated carbocycles. The van der Waals surface area contributed by atoms with Gasteiger partial charge in [0.05, 0.1) is 26.6 Å². The normalized spacial score (nSPS) is 12.7. The summed E-state index contributed by atoms with van der Waals surface area (Å²) in [6, 6.07) is 5.60. The fourth-order valence-electron chi connectivity index (χ4n) is 3.36. The van der Waals surface area contributed by atoms with E-state index in [0.29, 0.717) is 17.9 Å². The average molecular weight is 415 g/mol. The van der Waals surface area contributed by atoms with Crippen LogP contribution in [0.5, 0.6) is 11.5 Å². The van der Waals surface area contributed by atoms with Crippen LogP contribution in [0.25, 0.3) is 0 Å². The first-order chi connectivity index (χ1) is 13.4. The van der Waals surface area contributed by atoms with Crippen molar-refractivity contribution in [2.24, 2.45) is 0 Å². The van der Waals surface area contributed by atoms with Gasteiger partial charge in [-0.05, 0) is 24.1 Å². The van der Waals surface area contributed by atoms with E-state index >= 15 is 0 Å². The summed E-state index contributed by atoms with van der Waals surface area (Å²) in [7, 11) is -0.293. The van der Waals surface area contributed by atoms with Crippen LogP contribution in [0.1, 0.15) is 76.7 Å². The molecule has 0 saturated heterocycles. The molecule has 0 bridgehead atoms. The van der Waals surface area contributed by atoms with Crippen molar-refractivity contribution < 1.29 is 22.1 Å². The summed E-state index contributed by atoms with van der Waals surface area (Å²) in [5.41, 5.74) is 0.945. The minimum Gasteiger partial charge on any atom is -0.497 e. The first-order valence-corrected chi connectivity index (χ1v) is 12.3. The zero-order valence-corrected chi connectivity index (χ0v) is 18.9.